The first-order valence-corrected chi connectivity index (χ1v) is 16.1. The molecular weight excluding hydrogens is 538 g/mol. The van der Waals surface area contributed by atoms with Crippen LogP contribution in [0.2, 0.25) is 0 Å². The number of ether oxygens (including phenoxy) is 3. The van der Waals surface area contributed by atoms with Crippen molar-refractivity contribution in [3.05, 3.63) is 94.5 Å². The number of hydrogen-bond donors (Lipinski definition) is 1. The van der Waals surface area contributed by atoms with Gasteiger partial charge < -0.3 is 24.4 Å². The molecule has 0 atom stereocenters. The summed E-state index contributed by atoms with van der Waals surface area (Å²) in [5, 5.41) is 3.14. The van der Waals surface area contributed by atoms with Gasteiger partial charge in [0.25, 0.3) is 5.91 Å². The van der Waals surface area contributed by atoms with Crippen LogP contribution in [0.1, 0.15) is 64.7 Å². The fourth-order valence-corrected chi connectivity index (χ4v) is 6.53. The predicted octanol–water partition coefficient (Wildman–Crippen LogP) is 5.59. The van der Waals surface area contributed by atoms with Gasteiger partial charge in [0.15, 0.2) is 0 Å². The zero-order chi connectivity index (χ0) is 29.3. The van der Waals surface area contributed by atoms with Gasteiger partial charge in [0.2, 0.25) is 0 Å². The maximum Gasteiger partial charge on any atom is 0.251 e. The number of benzene rings is 3. The minimum absolute atomic E-state index is 0.0743. The van der Waals surface area contributed by atoms with Crippen molar-refractivity contribution in [2.45, 2.75) is 57.7 Å². The number of hydrogen-bond acceptors (Lipinski definition) is 6. The molecule has 2 saturated heterocycles. The zero-order valence-electron chi connectivity index (χ0n) is 25.3. The summed E-state index contributed by atoms with van der Waals surface area (Å²) in [7, 11) is 0. The van der Waals surface area contributed by atoms with Crippen LogP contribution in [0.25, 0.3) is 0 Å². The number of rotatable bonds is 5. The monoisotopic (exact) mass is 583 g/mol. The van der Waals surface area contributed by atoms with Gasteiger partial charge in [-0.1, -0.05) is 36.4 Å². The van der Waals surface area contributed by atoms with Crippen molar-refractivity contribution in [2.24, 2.45) is 0 Å². The van der Waals surface area contributed by atoms with E-state index in [-0.39, 0.29) is 5.91 Å². The van der Waals surface area contributed by atoms with Gasteiger partial charge >= 0.3 is 0 Å². The number of anilines is 1. The molecule has 6 rings (SSSR count). The third kappa shape index (κ3) is 8.17. The van der Waals surface area contributed by atoms with Crippen LogP contribution < -0.4 is 15.0 Å². The van der Waals surface area contributed by atoms with Crippen LogP contribution >= 0.6 is 0 Å². The highest BCUT2D eigenvalue weighted by molar-refractivity contribution is 5.94. The third-order valence-electron chi connectivity index (χ3n) is 8.89. The Bertz CT molecular complexity index is 1350. The standard InChI is InChI=1S/C36H45N3O4/c40-36(37-26-29-7-5-9-34(24-29)38-14-2-1-3-15-38)31-10-11-35-32(25-31)23-28-6-4-8-30(22-28)27-39(16-19-42-20-21-43-35)33-12-17-41-18-13-33/h4-11,22,24-25,33H,1-3,12-21,23,26-27H2,(H,37,40). The molecule has 0 unspecified atom stereocenters. The highest BCUT2D eigenvalue weighted by Gasteiger charge is 2.22. The van der Waals surface area contributed by atoms with Crippen LogP contribution in [0.15, 0.2) is 66.7 Å². The Kier molecular flexibility index (Phi) is 10.3. The van der Waals surface area contributed by atoms with Crippen molar-refractivity contribution >= 4 is 11.6 Å². The molecule has 0 spiro atoms. The summed E-state index contributed by atoms with van der Waals surface area (Å²) in [4.78, 5) is 18.3. The molecule has 43 heavy (non-hydrogen) atoms. The van der Waals surface area contributed by atoms with E-state index in [9.17, 15) is 4.79 Å². The number of fused-ring (bicyclic) bond motifs is 3. The van der Waals surface area contributed by atoms with Crippen LogP contribution in [0.3, 0.4) is 0 Å². The van der Waals surface area contributed by atoms with Gasteiger partial charge in [-0.05, 0) is 84.7 Å². The molecule has 7 nitrogen and oxygen atoms in total. The largest absolute Gasteiger partial charge is 0.491 e. The fourth-order valence-electron chi connectivity index (χ4n) is 6.53. The molecule has 1 amide bonds. The van der Waals surface area contributed by atoms with Crippen molar-refractivity contribution in [3.8, 4) is 5.75 Å². The molecule has 2 bridgehead atoms. The maximum atomic E-state index is 13.3. The molecule has 0 aliphatic carbocycles. The van der Waals surface area contributed by atoms with E-state index in [1.165, 1.54) is 36.1 Å². The minimum atomic E-state index is -0.0743. The van der Waals surface area contributed by atoms with Crippen LogP contribution in [0.4, 0.5) is 5.69 Å². The van der Waals surface area contributed by atoms with E-state index in [0.717, 1.165) is 69.1 Å². The molecule has 1 N–H and O–H groups in total. The van der Waals surface area contributed by atoms with Crippen LogP contribution in [-0.4, -0.2) is 69.5 Å². The van der Waals surface area contributed by atoms with E-state index in [1.54, 1.807) is 0 Å². The van der Waals surface area contributed by atoms with E-state index in [4.69, 9.17) is 14.2 Å². The number of carbonyl (C=O) groups is 1. The fraction of sp³-hybridized carbons (Fsp3) is 0.472. The number of nitrogens with one attached hydrogen (secondary N) is 1. The van der Waals surface area contributed by atoms with Gasteiger partial charge in [-0.3, -0.25) is 9.69 Å². The quantitative estimate of drug-likeness (QED) is 0.423. The molecule has 228 valence electrons. The first-order chi connectivity index (χ1) is 21.2. The lowest BCUT2D eigenvalue weighted by Gasteiger charge is -2.34. The van der Waals surface area contributed by atoms with E-state index >= 15 is 0 Å². The summed E-state index contributed by atoms with van der Waals surface area (Å²) in [5.74, 6) is 0.732. The molecule has 3 aliphatic heterocycles. The van der Waals surface area contributed by atoms with Gasteiger partial charge in [-0.2, -0.15) is 0 Å². The molecule has 2 fully saturated rings. The minimum Gasteiger partial charge on any atom is -0.491 e. The first kappa shape index (κ1) is 29.7. The zero-order valence-corrected chi connectivity index (χ0v) is 25.3. The summed E-state index contributed by atoms with van der Waals surface area (Å²) in [6.45, 7) is 7.84. The Morgan fingerprint density at radius 1 is 0.791 bits per heavy atom. The number of carbonyl (C=O) groups excluding carboxylic acids is 1. The number of amides is 1. The van der Waals surface area contributed by atoms with Crippen molar-refractivity contribution in [1.82, 2.24) is 10.2 Å². The molecule has 3 aliphatic rings. The van der Waals surface area contributed by atoms with Gasteiger partial charge in [0.05, 0.1) is 13.2 Å². The summed E-state index contributed by atoms with van der Waals surface area (Å²) in [6.07, 6.45) is 6.62. The van der Waals surface area contributed by atoms with Crippen molar-refractivity contribution < 1.29 is 19.0 Å². The Morgan fingerprint density at radius 2 is 1.60 bits per heavy atom. The summed E-state index contributed by atoms with van der Waals surface area (Å²) < 4.78 is 17.8. The maximum absolute atomic E-state index is 13.3. The summed E-state index contributed by atoms with van der Waals surface area (Å²) in [5.41, 5.74) is 6.53. The lowest BCUT2D eigenvalue weighted by molar-refractivity contribution is 0.0133. The second kappa shape index (κ2) is 14.9. The van der Waals surface area contributed by atoms with E-state index in [2.05, 4.69) is 63.6 Å². The first-order valence-electron chi connectivity index (χ1n) is 16.1. The molecule has 0 saturated carbocycles. The summed E-state index contributed by atoms with van der Waals surface area (Å²) >= 11 is 0. The Labute approximate surface area is 256 Å². The van der Waals surface area contributed by atoms with Crippen molar-refractivity contribution in [2.75, 3.05) is 57.6 Å². The average molecular weight is 584 g/mol. The van der Waals surface area contributed by atoms with Gasteiger partial charge in [0, 0.05) is 69.7 Å². The lowest BCUT2D eigenvalue weighted by atomic mass is 9.99. The molecule has 0 radical (unpaired) electrons. The predicted molar refractivity (Wildman–Crippen MR) is 170 cm³/mol. The average Bonchev–Trinajstić information content (AvgIpc) is 3.06. The van der Waals surface area contributed by atoms with E-state index in [1.807, 2.05) is 18.2 Å². The Morgan fingerprint density at radius 3 is 2.49 bits per heavy atom. The highest BCUT2D eigenvalue weighted by Crippen LogP contribution is 2.26. The summed E-state index contributed by atoms with van der Waals surface area (Å²) in [6, 6.07) is 23.7. The molecular formula is C36H45N3O4. The van der Waals surface area contributed by atoms with Crippen LogP contribution in [-0.2, 0) is 29.0 Å². The second-order valence-corrected chi connectivity index (χ2v) is 12.0. The Hall–Kier alpha value is -3.39. The third-order valence-corrected chi connectivity index (χ3v) is 8.89. The smallest absolute Gasteiger partial charge is 0.251 e. The van der Waals surface area contributed by atoms with Gasteiger partial charge in [-0.25, -0.2) is 0 Å². The van der Waals surface area contributed by atoms with Gasteiger partial charge in [0.1, 0.15) is 12.4 Å². The van der Waals surface area contributed by atoms with E-state index in [0.29, 0.717) is 44.4 Å². The molecule has 3 heterocycles. The lowest BCUT2D eigenvalue weighted by Crippen LogP contribution is -2.41. The second-order valence-electron chi connectivity index (χ2n) is 12.0. The van der Waals surface area contributed by atoms with Crippen LogP contribution in [0, 0.1) is 0 Å². The Balaban J connectivity index is 1.16. The molecule has 3 aromatic carbocycles. The topological polar surface area (TPSA) is 63.3 Å². The SMILES string of the molecule is O=C(NCc1cccc(N2CCCCC2)c1)c1ccc2c(c1)Cc1cccc(c1)CN(C1CCOCC1)CCOCCO2. The van der Waals surface area contributed by atoms with Crippen molar-refractivity contribution in [3.63, 3.8) is 0 Å². The van der Waals surface area contributed by atoms with Gasteiger partial charge in [-0.15, -0.1) is 0 Å². The number of nitrogens with zero attached hydrogens (tertiary/aromatic N) is 2. The molecule has 7 heteroatoms. The van der Waals surface area contributed by atoms with Crippen LogP contribution in [0.5, 0.6) is 5.75 Å². The normalized spacial score (nSPS) is 19.1. The number of piperidine rings is 1. The highest BCUT2D eigenvalue weighted by atomic mass is 16.5. The molecule has 0 aromatic heterocycles. The van der Waals surface area contributed by atoms with Crippen molar-refractivity contribution in [1.29, 1.82) is 0 Å². The molecule has 3 aromatic rings. The van der Waals surface area contributed by atoms with E-state index < -0.39 is 0 Å².